The van der Waals surface area contributed by atoms with Crippen LogP contribution in [0.4, 0.5) is 5.69 Å². The average molecular weight is 704 g/mol. The van der Waals surface area contributed by atoms with Gasteiger partial charge in [0.05, 0.1) is 60.0 Å². The van der Waals surface area contributed by atoms with Gasteiger partial charge >= 0.3 is 0 Å². The molecular formula is C39H37N5O6S. The quantitative estimate of drug-likeness (QED) is 0.0810. The molecule has 0 saturated heterocycles. The van der Waals surface area contributed by atoms with Crippen LogP contribution in [-0.4, -0.2) is 57.7 Å². The minimum absolute atomic E-state index is 0.0106. The van der Waals surface area contributed by atoms with Crippen molar-refractivity contribution in [2.24, 2.45) is 11.0 Å². The summed E-state index contributed by atoms with van der Waals surface area (Å²) in [5.41, 5.74) is 5.79. The van der Waals surface area contributed by atoms with Crippen molar-refractivity contribution in [1.82, 2.24) is 14.6 Å². The third-order valence-corrected chi connectivity index (χ3v) is 10.5. The molecule has 260 valence electrons. The molecule has 1 fully saturated rings. The monoisotopic (exact) mass is 703 g/mol. The molecule has 4 aromatic carbocycles. The van der Waals surface area contributed by atoms with E-state index in [1.54, 1.807) is 32.4 Å². The van der Waals surface area contributed by atoms with Crippen LogP contribution in [0.1, 0.15) is 43.4 Å². The molecule has 7 rings (SSSR count). The first-order chi connectivity index (χ1) is 24.8. The Morgan fingerprint density at radius 2 is 1.67 bits per heavy atom. The number of thioether (sulfide) groups is 1. The predicted octanol–water partition coefficient (Wildman–Crippen LogP) is 8.26. The molecular weight excluding hydrogens is 667 g/mol. The third kappa shape index (κ3) is 6.54. The van der Waals surface area contributed by atoms with E-state index in [9.17, 15) is 14.9 Å². The molecule has 2 heterocycles. The van der Waals surface area contributed by atoms with Crippen molar-refractivity contribution < 1.29 is 23.9 Å². The summed E-state index contributed by atoms with van der Waals surface area (Å²) in [4.78, 5) is 30.7. The normalized spacial score (nSPS) is 18.3. The van der Waals surface area contributed by atoms with Gasteiger partial charge in [-0.25, -0.2) is 9.99 Å². The fourth-order valence-corrected chi connectivity index (χ4v) is 7.88. The second-order valence-corrected chi connectivity index (χ2v) is 13.7. The maximum atomic E-state index is 14.7. The van der Waals surface area contributed by atoms with Crippen LogP contribution in [0, 0.1) is 16.0 Å². The number of benzene rings is 4. The zero-order valence-electron chi connectivity index (χ0n) is 28.7. The molecule has 0 N–H and O–H groups in total. The number of methoxy groups -OCH3 is 3. The summed E-state index contributed by atoms with van der Waals surface area (Å²) in [6.07, 6.45) is 4.89. The van der Waals surface area contributed by atoms with E-state index in [0.29, 0.717) is 27.6 Å². The van der Waals surface area contributed by atoms with Crippen LogP contribution in [0.3, 0.4) is 0 Å². The Balaban J connectivity index is 1.28. The first kappa shape index (κ1) is 33.9. The molecule has 0 spiro atoms. The highest BCUT2D eigenvalue weighted by Crippen LogP contribution is 2.46. The molecule has 1 amide bonds. The van der Waals surface area contributed by atoms with Crippen molar-refractivity contribution >= 4 is 46.2 Å². The molecule has 51 heavy (non-hydrogen) atoms. The lowest BCUT2D eigenvalue weighted by Gasteiger charge is -2.30. The van der Waals surface area contributed by atoms with Crippen LogP contribution in [0.15, 0.2) is 107 Å². The first-order valence-electron chi connectivity index (χ1n) is 16.7. The fraction of sp³-hybridized carbons (Fsp3) is 0.256. The molecule has 12 heteroatoms. The summed E-state index contributed by atoms with van der Waals surface area (Å²) < 4.78 is 18.4. The zero-order chi connectivity index (χ0) is 35.6. The number of nitro groups is 1. The number of imidazole rings is 1. The first-order valence-corrected chi connectivity index (χ1v) is 17.5. The van der Waals surface area contributed by atoms with Crippen molar-refractivity contribution in [1.29, 1.82) is 0 Å². The number of carbonyl (C=O) groups is 1. The van der Waals surface area contributed by atoms with Gasteiger partial charge in [-0.3, -0.25) is 19.5 Å². The van der Waals surface area contributed by atoms with E-state index in [0.717, 1.165) is 53.2 Å². The maximum absolute atomic E-state index is 14.7. The van der Waals surface area contributed by atoms with E-state index in [4.69, 9.17) is 24.3 Å². The van der Waals surface area contributed by atoms with Gasteiger partial charge in [-0.15, -0.1) is 0 Å². The lowest BCUT2D eigenvalue weighted by molar-refractivity contribution is -0.384. The number of rotatable bonds is 10. The van der Waals surface area contributed by atoms with Gasteiger partial charge in [-0.05, 0) is 91.4 Å². The molecule has 0 bridgehead atoms. The van der Waals surface area contributed by atoms with Gasteiger partial charge in [0.25, 0.3) is 11.6 Å². The second-order valence-electron chi connectivity index (χ2n) is 12.4. The third-order valence-electron chi connectivity index (χ3n) is 9.42. The number of fused-ring (bicyclic) bond motifs is 2. The van der Waals surface area contributed by atoms with E-state index >= 15 is 0 Å². The highest BCUT2D eigenvalue weighted by molar-refractivity contribution is 8.00. The highest BCUT2D eigenvalue weighted by atomic mass is 32.2. The molecule has 11 nitrogen and oxygen atoms in total. The van der Waals surface area contributed by atoms with Gasteiger partial charge in [-0.1, -0.05) is 48.2 Å². The molecule has 2 aliphatic rings. The molecule has 1 saturated carbocycles. The number of carbonyl (C=O) groups excluding carboxylic acids is 1. The Hall–Kier alpha value is -5.62. The van der Waals surface area contributed by atoms with Crippen LogP contribution in [0.2, 0.25) is 0 Å². The Kier molecular flexibility index (Phi) is 9.50. The summed E-state index contributed by atoms with van der Waals surface area (Å²) >= 11 is 1.28. The molecule has 0 radical (unpaired) electrons. The number of para-hydroxylation sites is 2. The van der Waals surface area contributed by atoms with Gasteiger partial charge < -0.3 is 14.2 Å². The molecule has 3 unspecified atom stereocenters. The lowest BCUT2D eigenvalue weighted by atomic mass is 9.77. The number of amides is 1. The summed E-state index contributed by atoms with van der Waals surface area (Å²) in [6.45, 7) is 1.85. The van der Waals surface area contributed by atoms with Crippen molar-refractivity contribution in [3.05, 3.63) is 118 Å². The number of non-ortho nitro benzene ring substituents is 1. The van der Waals surface area contributed by atoms with Crippen molar-refractivity contribution in [3.8, 4) is 22.9 Å². The van der Waals surface area contributed by atoms with Crippen LogP contribution in [-0.2, 0) is 4.79 Å². The van der Waals surface area contributed by atoms with E-state index in [1.165, 1.54) is 23.9 Å². The van der Waals surface area contributed by atoms with E-state index in [1.807, 2.05) is 84.3 Å². The predicted molar refractivity (Wildman–Crippen MR) is 198 cm³/mol. The minimum Gasteiger partial charge on any atom is -0.497 e. The Bertz CT molecular complexity index is 2160. The smallest absolute Gasteiger partial charge is 0.271 e. The molecule has 1 aromatic heterocycles. The van der Waals surface area contributed by atoms with Gasteiger partial charge in [-0.2, -0.15) is 5.10 Å². The largest absolute Gasteiger partial charge is 0.497 e. The minimum atomic E-state index is -0.621. The Morgan fingerprint density at radius 3 is 2.35 bits per heavy atom. The number of hydrazone groups is 1. The van der Waals surface area contributed by atoms with Gasteiger partial charge in [0.1, 0.15) is 17.2 Å². The number of nitro benzene ring substituents is 1. The summed E-state index contributed by atoms with van der Waals surface area (Å²) in [7, 11) is 4.87. The number of ether oxygens (including phenoxy) is 3. The molecule has 1 aliphatic heterocycles. The Morgan fingerprint density at radius 1 is 0.961 bits per heavy atom. The van der Waals surface area contributed by atoms with E-state index < -0.39 is 10.2 Å². The fourth-order valence-electron chi connectivity index (χ4n) is 6.90. The van der Waals surface area contributed by atoms with Crippen LogP contribution in [0.5, 0.6) is 17.2 Å². The highest BCUT2D eigenvalue weighted by Gasteiger charge is 2.45. The molecule has 1 aliphatic carbocycles. The van der Waals surface area contributed by atoms with Crippen molar-refractivity contribution in [2.75, 3.05) is 21.3 Å². The van der Waals surface area contributed by atoms with E-state index in [2.05, 4.69) is 6.08 Å². The summed E-state index contributed by atoms with van der Waals surface area (Å²) in [6, 6.07) is 27.5. The Labute approximate surface area is 299 Å². The second kappa shape index (κ2) is 14.3. The van der Waals surface area contributed by atoms with Gasteiger partial charge in [0.15, 0.2) is 5.16 Å². The standard InChI is InChI=1S/C39H37N5O6S/c1-24(51-39-40-32-23-28(44(46)47)16-21-33(32)42(39)34-10-5-6-11-35(34)50-4)38(45)43-37(26-14-19-30(49-3)20-15-26)31-9-7-8-27(36(31)41-43)22-25-12-17-29(48-2)18-13-25/h5-6,10-24,31,37H,7-9H2,1-4H3/b27-22-. The number of aromatic nitrogens is 2. The number of hydrogen-bond donors (Lipinski definition) is 0. The van der Waals surface area contributed by atoms with Crippen LogP contribution in [0.25, 0.3) is 22.8 Å². The van der Waals surface area contributed by atoms with Crippen molar-refractivity contribution in [3.63, 3.8) is 0 Å². The van der Waals surface area contributed by atoms with Crippen LogP contribution < -0.4 is 14.2 Å². The summed E-state index contributed by atoms with van der Waals surface area (Å²) in [5.74, 6) is 1.96. The summed E-state index contributed by atoms with van der Waals surface area (Å²) in [5, 5.41) is 18.3. The van der Waals surface area contributed by atoms with Crippen molar-refractivity contribution in [2.45, 2.75) is 42.6 Å². The lowest BCUT2D eigenvalue weighted by Crippen LogP contribution is -2.36. The topological polar surface area (TPSA) is 121 Å². The zero-order valence-corrected chi connectivity index (χ0v) is 29.5. The number of allylic oxidation sites excluding steroid dienone is 1. The average Bonchev–Trinajstić information content (AvgIpc) is 3.73. The molecule has 3 atom stereocenters. The van der Waals surface area contributed by atoms with Gasteiger partial charge in [0, 0.05) is 18.1 Å². The van der Waals surface area contributed by atoms with Gasteiger partial charge in [0.2, 0.25) is 0 Å². The van der Waals surface area contributed by atoms with E-state index in [-0.39, 0.29) is 23.6 Å². The number of nitrogens with zero attached hydrogens (tertiary/aromatic N) is 5. The molecule has 5 aromatic rings. The maximum Gasteiger partial charge on any atom is 0.271 e. The number of hydrogen-bond acceptors (Lipinski definition) is 9. The van der Waals surface area contributed by atoms with Crippen LogP contribution >= 0.6 is 11.8 Å². The SMILES string of the molecule is COc1ccc(/C=C2/CCCC3C2=NN(C(=O)C(C)Sc2nc4cc([N+](=O)[O-])ccc4n2-c2ccccc2OC)C3c2ccc(OC)cc2)cc1.